The van der Waals surface area contributed by atoms with Crippen molar-refractivity contribution in [2.45, 2.75) is 50.7 Å². The van der Waals surface area contributed by atoms with Crippen LogP contribution in [0.3, 0.4) is 0 Å². The maximum atomic E-state index is 15.0. The maximum absolute atomic E-state index is 15.0. The minimum Gasteiger partial charge on any atom is -0.474 e. The summed E-state index contributed by atoms with van der Waals surface area (Å²) in [5.74, 6) is -1.07. The Kier molecular flexibility index (Phi) is 7.25. The third-order valence-electron chi connectivity index (χ3n) is 6.44. The molecule has 2 N–H and O–H groups in total. The Morgan fingerprint density at radius 1 is 1.05 bits per heavy atom. The Morgan fingerprint density at radius 3 is 2.57 bits per heavy atom. The molecule has 7 nitrogen and oxygen atoms in total. The average Bonchev–Trinajstić information content (AvgIpc) is 3.26. The van der Waals surface area contributed by atoms with Crippen molar-refractivity contribution < 1.29 is 17.9 Å². The number of aryl methyl sites for hydroxylation is 1. The van der Waals surface area contributed by atoms with Crippen LogP contribution >= 0.6 is 11.9 Å². The molecule has 1 saturated heterocycles. The molecule has 0 radical (unpaired) electrons. The molecular weight excluding hydrogens is 501 g/mol. The van der Waals surface area contributed by atoms with E-state index in [0.29, 0.717) is 28.5 Å². The van der Waals surface area contributed by atoms with Crippen LogP contribution in [0.5, 0.6) is 5.88 Å². The SMILES string of the molecule is Cc1[nH]nc2nc(-c3ccc(NSc4cc(F)ccc4F)c(F)c3)nc(OC3CCN(C(C)C)CC3)c12. The van der Waals surface area contributed by atoms with Crippen molar-refractivity contribution in [3.05, 3.63) is 59.5 Å². The molecule has 0 saturated carbocycles. The second kappa shape index (κ2) is 10.6. The Labute approximate surface area is 217 Å². The van der Waals surface area contributed by atoms with E-state index in [2.05, 4.69) is 43.6 Å². The molecule has 5 rings (SSSR count). The van der Waals surface area contributed by atoms with E-state index in [4.69, 9.17) is 4.74 Å². The molecule has 3 heterocycles. The molecule has 1 aliphatic heterocycles. The van der Waals surface area contributed by atoms with Gasteiger partial charge in [0, 0.05) is 30.4 Å². The molecule has 194 valence electrons. The average molecular weight is 529 g/mol. The summed E-state index contributed by atoms with van der Waals surface area (Å²) in [5, 5.41) is 7.91. The summed E-state index contributed by atoms with van der Waals surface area (Å²) in [6, 6.07) is 8.03. The summed E-state index contributed by atoms with van der Waals surface area (Å²) >= 11 is 0.785. The van der Waals surface area contributed by atoms with E-state index in [-0.39, 0.29) is 22.5 Å². The van der Waals surface area contributed by atoms with Gasteiger partial charge in [-0.05, 0) is 82.0 Å². The van der Waals surface area contributed by atoms with E-state index >= 15 is 0 Å². The van der Waals surface area contributed by atoms with E-state index in [1.807, 2.05) is 6.92 Å². The van der Waals surface area contributed by atoms with Crippen molar-refractivity contribution in [1.82, 2.24) is 25.1 Å². The lowest BCUT2D eigenvalue weighted by Gasteiger charge is -2.34. The van der Waals surface area contributed by atoms with E-state index in [9.17, 15) is 13.2 Å². The number of rotatable bonds is 7. The lowest BCUT2D eigenvalue weighted by Crippen LogP contribution is -2.41. The first kappa shape index (κ1) is 25.3. The van der Waals surface area contributed by atoms with Crippen LogP contribution in [0, 0.1) is 24.4 Å². The number of ether oxygens (including phenoxy) is 1. The van der Waals surface area contributed by atoms with Crippen LogP contribution in [0.25, 0.3) is 22.4 Å². The zero-order valence-electron chi connectivity index (χ0n) is 20.7. The number of halogens is 3. The molecule has 37 heavy (non-hydrogen) atoms. The molecule has 0 amide bonds. The highest BCUT2D eigenvalue weighted by molar-refractivity contribution is 8.00. The largest absolute Gasteiger partial charge is 0.474 e. The number of H-pyrrole nitrogens is 1. The minimum atomic E-state index is -0.602. The minimum absolute atomic E-state index is 0.0128. The van der Waals surface area contributed by atoms with Crippen LogP contribution in [0.4, 0.5) is 18.9 Å². The van der Waals surface area contributed by atoms with Gasteiger partial charge in [-0.15, -0.1) is 0 Å². The van der Waals surface area contributed by atoms with Crippen LogP contribution in [0.1, 0.15) is 32.4 Å². The molecule has 4 aromatic rings. The molecule has 0 atom stereocenters. The monoisotopic (exact) mass is 528 g/mol. The standard InChI is InChI=1S/C26H27F3N6OS/c1-14(2)35-10-8-18(9-11-35)36-26-23-15(3)32-33-25(23)30-24(31-26)16-4-7-21(20(29)12-16)34-37-22-13-17(27)5-6-19(22)28/h4-7,12-14,18,34H,8-11H2,1-3H3,(H,30,31,32,33). The van der Waals surface area contributed by atoms with Crippen molar-refractivity contribution in [2.75, 3.05) is 17.8 Å². The number of anilines is 1. The van der Waals surface area contributed by atoms with Gasteiger partial charge in [-0.2, -0.15) is 10.1 Å². The van der Waals surface area contributed by atoms with Gasteiger partial charge in [0.1, 0.15) is 28.9 Å². The number of fused-ring (bicyclic) bond motifs is 1. The summed E-state index contributed by atoms with van der Waals surface area (Å²) in [6.07, 6.45) is 1.78. The van der Waals surface area contributed by atoms with Crippen molar-refractivity contribution >= 4 is 28.7 Å². The third-order valence-corrected chi connectivity index (χ3v) is 7.29. The Morgan fingerprint density at radius 2 is 1.84 bits per heavy atom. The Bertz CT molecular complexity index is 1420. The van der Waals surface area contributed by atoms with Gasteiger partial charge >= 0.3 is 0 Å². The van der Waals surface area contributed by atoms with Crippen LogP contribution in [-0.2, 0) is 0 Å². The van der Waals surface area contributed by atoms with Gasteiger partial charge in [0.2, 0.25) is 5.88 Å². The predicted molar refractivity (Wildman–Crippen MR) is 138 cm³/mol. The van der Waals surface area contributed by atoms with Gasteiger partial charge < -0.3 is 14.4 Å². The van der Waals surface area contributed by atoms with E-state index in [1.54, 1.807) is 6.07 Å². The van der Waals surface area contributed by atoms with Crippen LogP contribution in [0.15, 0.2) is 41.3 Å². The predicted octanol–water partition coefficient (Wildman–Crippen LogP) is 6.12. The first-order chi connectivity index (χ1) is 17.8. The molecule has 0 aliphatic carbocycles. The second-order valence-corrected chi connectivity index (χ2v) is 10.2. The first-order valence-corrected chi connectivity index (χ1v) is 12.9. The molecule has 2 aromatic carbocycles. The van der Waals surface area contributed by atoms with Gasteiger partial charge in [-0.1, -0.05) is 0 Å². The Balaban J connectivity index is 1.38. The molecule has 2 aromatic heterocycles. The summed E-state index contributed by atoms with van der Waals surface area (Å²) in [7, 11) is 0. The van der Waals surface area contributed by atoms with Crippen molar-refractivity contribution in [1.29, 1.82) is 0 Å². The third kappa shape index (κ3) is 5.52. The summed E-state index contributed by atoms with van der Waals surface area (Å²) in [6.45, 7) is 8.16. The number of nitrogens with zero attached hydrogens (tertiary/aromatic N) is 4. The number of hydrogen-bond donors (Lipinski definition) is 2. The highest BCUT2D eigenvalue weighted by atomic mass is 32.2. The van der Waals surface area contributed by atoms with Crippen molar-refractivity contribution in [3.63, 3.8) is 0 Å². The second-order valence-electron chi connectivity index (χ2n) is 9.32. The number of piperidine rings is 1. The number of aromatic nitrogens is 4. The lowest BCUT2D eigenvalue weighted by molar-refractivity contribution is 0.0824. The quantitative estimate of drug-likeness (QED) is 0.280. The van der Waals surface area contributed by atoms with Gasteiger partial charge in [0.05, 0.1) is 10.6 Å². The van der Waals surface area contributed by atoms with Crippen molar-refractivity contribution in [3.8, 4) is 17.3 Å². The van der Waals surface area contributed by atoms with Gasteiger partial charge in [0.25, 0.3) is 0 Å². The molecular formula is C26H27F3N6OS. The highest BCUT2D eigenvalue weighted by Crippen LogP contribution is 2.32. The number of benzene rings is 2. The number of likely N-dealkylation sites (tertiary alicyclic amines) is 1. The number of aromatic amines is 1. The lowest BCUT2D eigenvalue weighted by atomic mass is 10.1. The zero-order chi connectivity index (χ0) is 26.1. The normalized spacial score (nSPS) is 15.0. The van der Waals surface area contributed by atoms with Gasteiger partial charge in [-0.25, -0.2) is 18.2 Å². The molecule has 11 heteroatoms. The van der Waals surface area contributed by atoms with Gasteiger partial charge in [0.15, 0.2) is 11.5 Å². The van der Waals surface area contributed by atoms with Crippen LogP contribution in [0.2, 0.25) is 0 Å². The Hall–Kier alpha value is -3.31. The molecule has 0 spiro atoms. The van der Waals surface area contributed by atoms with E-state index in [0.717, 1.165) is 61.8 Å². The number of nitrogens with one attached hydrogen (secondary N) is 2. The van der Waals surface area contributed by atoms with E-state index < -0.39 is 17.5 Å². The fraction of sp³-hybridized carbons (Fsp3) is 0.346. The summed E-state index contributed by atoms with van der Waals surface area (Å²) in [4.78, 5) is 11.6. The van der Waals surface area contributed by atoms with Crippen molar-refractivity contribution in [2.24, 2.45) is 0 Å². The molecule has 1 fully saturated rings. The summed E-state index contributed by atoms with van der Waals surface area (Å²) in [5.41, 5.74) is 1.79. The molecule has 0 bridgehead atoms. The fourth-order valence-corrected chi connectivity index (χ4v) is 5.04. The fourth-order valence-electron chi connectivity index (χ4n) is 4.32. The van der Waals surface area contributed by atoms with E-state index in [1.165, 1.54) is 12.1 Å². The maximum Gasteiger partial charge on any atom is 0.228 e. The molecule has 0 unspecified atom stereocenters. The van der Waals surface area contributed by atoms with Gasteiger partial charge in [-0.3, -0.25) is 5.10 Å². The summed E-state index contributed by atoms with van der Waals surface area (Å²) < 4.78 is 51.3. The first-order valence-electron chi connectivity index (χ1n) is 12.1. The topological polar surface area (TPSA) is 79.0 Å². The number of hydrogen-bond acceptors (Lipinski definition) is 7. The molecule has 1 aliphatic rings. The highest BCUT2D eigenvalue weighted by Gasteiger charge is 2.25. The smallest absolute Gasteiger partial charge is 0.228 e. The van der Waals surface area contributed by atoms with Crippen LogP contribution in [-0.4, -0.2) is 50.3 Å². The zero-order valence-corrected chi connectivity index (χ0v) is 21.5. The van der Waals surface area contributed by atoms with Crippen LogP contribution < -0.4 is 9.46 Å².